The Morgan fingerprint density at radius 2 is 1.31 bits per heavy atom. The lowest BCUT2D eigenvalue weighted by molar-refractivity contribution is 1.19. The van der Waals surface area contributed by atoms with Crippen molar-refractivity contribution < 1.29 is 0 Å². The predicted molar refractivity (Wildman–Crippen MR) is 175 cm³/mol. The van der Waals surface area contributed by atoms with E-state index in [1.54, 1.807) is 0 Å². The van der Waals surface area contributed by atoms with Crippen molar-refractivity contribution in [2.75, 3.05) is 0 Å². The maximum atomic E-state index is 14.3. The molecule has 0 saturated carbocycles. The number of benzene rings is 6. The summed E-state index contributed by atoms with van der Waals surface area (Å²) >= 11 is 0. The Labute approximate surface area is 243 Å². The van der Waals surface area contributed by atoms with Gasteiger partial charge in [-0.2, -0.15) is 0 Å². The molecule has 3 heteroatoms. The summed E-state index contributed by atoms with van der Waals surface area (Å²) in [5.41, 5.74) is 9.97. The molecule has 0 spiro atoms. The zero-order valence-corrected chi connectivity index (χ0v) is 22.9. The second-order valence-corrected chi connectivity index (χ2v) is 10.8. The maximum Gasteiger partial charge on any atom is 0.264 e. The Kier molecular flexibility index (Phi) is 5.51. The molecule has 0 aliphatic carbocycles. The van der Waals surface area contributed by atoms with Crippen LogP contribution in [-0.2, 0) is 6.42 Å². The first-order chi connectivity index (χ1) is 20.7. The summed E-state index contributed by atoms with van der Waals surface area (Å²) in [5, 5.41) is 3.69. The molecule has 42 heavy (non-hydrogen) atoms. The average molecular weight is 539 g/mol. The van der Waals surface area contributed by atoms with Crippen LogP contribution >= 0.6 is 0 Å². The molecule has 0 amide bonds. The van der Waals surface area contributed by atoms with Gasteiger partial charge in [0.25, 0.3) is 5.56 Å². The highest BCUT2D eigenvalue weighted by Gasteiger charge is 2.20. The molecule has 2 heterocycles. The van der Waals surface area contributed by atoms with Gasteiger partial charge in [-0.15, -0.1) is 6.58 Å². The minimum absolute atomic E-state index is 0.0479. The third-order valence-electron chi connectivity index (χ3n) is 8.31. The Balaban J connectivity index is 1.46. The van der Waals surface area contributed by atoms with Crippen LogP contribution in [0.15, 0.2) is 145 Å². The third-order valence-corrected chi connectivity index (χ3v) is 8.31. The SMILES string of the molecule is C=CCc1ccc(-c2ccc3c(=O)n4c5cc(-c6ccccc6)cc(-c6ccccc6)c5nc4c4cccc2c34)cc1. The summed E-state index contributed by atoms with van der Waals surface area (Å²) < 4.78 is 1.81. The van der Waals surface area contributed by atoms with Crippen molar-refractivity contribution in [3.05, 3.63) is 156 Å². The maximum absolute atomic E-state index is 14.3. The molecule has 0 unspecified atom stereocenters. The molecule has 0 N–H and O–H groups in total. The molecule has 0 radical (unpaired) electrons. The first-order valence-corrected chi connectivity index (χ1v) is 14.2. The van der Waals surface area contributed by atoms with Crippen LogP contribution in [0.25, 0.3) is 71.6 Å². The van der Waals surface area contributed by atoms with Crippen molar-refractivity contribution in [2.24, 2.45) is 0 Å². The number of rotatable bonds is 5. The van der Waals surface area contributed by atoms with Crippen LogP contribution in [0.5, 0.6) is 0 Å². The van der Waals surface area contributed by atoms with Crippen molar-refractivity contribution in [1.29, 1.82) is 0 Å². The average Bonchev–Trinajstić information content (AvgIpc) is 3.44. The van der Waals surface area contributed by atoms with E-state index in [0.29, 0.717) is 11.0 Å². The first-order valence-electron chi connectivity index (χ1n) is 14.2. The molecule has 0 saturated heterocycles. The van der Waals surface area contributed by atoms with Gasteiger partial charge in [0, 0.05) is 21.7 Å². The summed E-state index contributed by atoms with van der Waals surface area (Å²) in [6, 6.07) is 43.9. The van der Waals surface area contributed by atoms with E-state index in [2.05, 4.69) is 91.5 Å². The minimum Gasteiger partial charge on any atom is -0.268 e. The number of hydrogen-bond acceptors (Lipinski definition) is 2. The summed E-state index contributed by atoms with van der Waals surface area (Å²) in [6.07, 6.45) is 2.76. The topological polar surface area (TPSA) is 34.4 Å². The van der Waals surface area contributed by atoms with E-state index in [1.165, 1.54) is 5.56 Å². The van der Waals surface area contributed by atoms with E-state index >= 15 is 0 Å². The molecule has 0 bridgehead atoms. The van der Waals surface area contributed by atoms with Crippen LogP contribution < -0.4 is 5.56 Å². The molecule has 0 fully saturated rings. The summed E-state index contributed by atoms with van der Waals surface area (Å²) in [6.45, 7) is 3.86. The van der Waals surface area contributed by atoms with E-state index < -0.39 is 0 Å². The van der Waals surface area contributed by atoms with Gasteiger partial charge < -0.3 is 0 Å². The van der Waals surface area contributed by atoms with Crippen LogP contribution in [0, 0.1) is 0 Å². The fourth-order valence-corrected chi connectivity index (χ4v) is 6.33. The van der Waals surface area contributed by atoms with Crippen LogP contribution in [0.1, 0.15) is 5.56 Å². The van der Waals surface area contributed by atoms with E-state index in [4.69, 9.17) is 4.98 Å². The van der Waals surface area contributed by atoms with Crippen LogP contribution in [0.2, 0.25) is 0 Å². The van der Waals surface area contributed by atoms with Crippen molar-refractivity contribution in [1.82, 2.24) is 9.38 Å². The van der Waals surface area contributed by atoms with E-state index in [-0.39, 0.29) is 5.56 Å². The van der Waals surface area contributed by atoms with Gasteiger partial charge in [0.05, 0.1) is 11.0 Å². The molecule has 0 atom stereocenters. The standard InChI is InChI=1S/C39H26N2O/c1-2-10-25-17-19-28(20-18-25)30-21-22-33-36-31(30)15-9-16-32(36)38-40-37-34(27-13-7-4-8-14-27)23-29(26-11-5-3-6-12-26)24-35(37)41(38)39(33)42/h2-9,11-24H,1,10H2. The molecule has 8 aromatic rings. The number of fused-ring (bicyclic) bond motifs is 4. The zero-order chi connectivity index (χ0) is 28.2. The second-order valence-electron chi connectivity index (χ2n) is 10.8. The van der Waals surface area contributed by atoms with Crippen molar-refractivity contribution >= 4 is 38.2 Å². The van der Waals surface area contributed by atoms with Gasteiger partial charge >= 0.3 is 0 Å². The smallest absolute Gasteiger partial charge is 0.264 e. The first kappa shape index (κ1) is 24.3. The second kappa shape index (κ2) is 9.53. The molecular weight excluding hydrogens is 512 g/mol. The van der Waals surface area contributed by atoms with Crippen LogP contribution in [0.3, 0.4) is 0 Å². The molecule has 8 rings (SSSR count). The van der Waals surface area contributed by atoms with Crippen molar-refractivity contribution in [2.45, 2.75) is 6.42 Å². The Hall–Kier alpha value is -5.54. The Morgan fingerprint density at radius 1 is 0.619 bits per heavy atom. The van der Waals surface area contributed by atoms with Gasteiger partial charge in [-0.3, -0.25) is 9.20 Å². The normalized spacial score (nSPS) is 11.6. The highest BCUT2D eigenvalue weighted by Crippen LogP contribution is 2.38. The highest BCUT2D eigenvalue weighted by atomic mass is 16.1. The predicted octanol–water partition coefficient (Wildman–Crippen LogP) is 9.32. The van der Waals surface area contributed by atoms with Crippen molar-refractivity contribution in [3.63, 3.8) is 0 Å². The number of hydrogen-bond donors (Lipinski definition) is 0. The molecule has 3 nitrogen and oxygen atoms in total. The van der Waals surface area contributed by atoms with E-state index in [0.717, 1.165) is 67.0 Å². The summed E-state index contributed by atoms with van der Waals surface area (Å²) in [4.78, 5) is 19.5. The number of nitrogens with zero attached hydrogens (tertiary/aromatic N) is 2. The molecule has 6 aromatic carbocycles. The van der Waals surface area contributed by atoms with Gasteiger partial charge in [-0.25, -0.2) is 4.98 Å². The Bertz CT molecular complexity index is 2330. The fraction of sp³-hybridized carbons (Fsp3) is 0.0256. The molecule has 0 aliphatic rings. The van der Waals surface area contributed by atoms with Gasteiger partial charge in [0.2, 0.25) is 0 Å². The highest BCUT2D eigenvalue weighted by molar-refractivity contribution is 6.19. The van der Waals surface area contributed by atoms with E-state index in [1.807, 2.05) is 52.9 Å². The monoisotopic (exact) mass is 538 g/mol. The number of allylic oxidation sites excluding steroid dienone is 1. The quantitative estimate of drug-likeness (QED) is 0.205. The zero-order valence-electron chi connectivity index (χ0n) is 22.9. The van der Waals surface area contributed by atoms with Gasteiger partial charge in [0.1, 0.15) is 5.65 Å². The third kappa shape index (κ3) is 3.68. The van der Waals surface area contributed by atoms with Gasteiger partial charge in [-0.1, -0.05) is 115 Å². The molecule has 2 aromatic heterocycles. The molecule has 0 aliphatic heterocycles. The molecule has 198 valence electrons. The summed E-state index contributed by atoms with van der Waals surface area (Å²) in [5.74, 6) is 0. The fourth-order valence-electron chi connectivity index (χ4n) is 6.33. The lowest BCUT2D eigenvalue weighted by atomic mass is 9.93. The largest absolute Gasteiger partial charge is 0.268 e. The number of aromatic nitrogens is 2. The van der Waals surface area contributed by atoms with Gasteiger partial charge in [0.15, 0.2) is 0 Å². The van der Waals surface area contributed by atoms with Crippen LogP contribution in [0.4, 0.5) is 0 Å². The van der Waals surface area contributed by atoms with Crippen LogP contribution in [-0.4, -0.2) is 9.38 Å². The van der Waals surface area contributed by atoms with Crippen molar-refractivity contribution in [3.8, 4) is 33.4 Å². The minimum atomic E-state index is -0.0479. The van der Waals surface area contributed by atoms with Gasteiger partial charge in [-0.05, 0) is 63.4 Å². The van der Waals surface area contributed by atoms with E-state index in [9.17, 15) is 4.79 Å². The lowest BCUT2D eigenvalue weighted by Gasteiger charge is -2.12. The lowest BCUT2D eigenvalue weighted by Crippen LogP contribution is -2.13. The number of imidazole rings is 1. The Morgan fingerprint density at radius 3 is 2.05 bits per heavy atom. The molecular formula is C39H26N2O. The number of pyridine rings is 1. The summed E-state index contributed by atoms with van der Waals surface area (Å²) in [7, 11) is 0.